The highest BCUT2D eigenvalue weighted by atomic mass is 32.1. The average molecular weight is 314 g/mol. The molecule has 0 fully saturated rings. The predicted octanol–water partition coefficient (Wildman–Crippen LogP) is 1.94. The molecular formula is C15H23FN2O2S. The molecule has 0 aliphatic heterocycles. The van der Waals surface area contributed by atoms with Crippen LogP contribution in [0.4, 0.5) is 4.39 Å². The SMILES string of the molecule is COCCCN(CCOC)Cc1ccc(C(N)=S)cc1F. The highest BCUT2D eigenvalue weighted by Crippen LogP contribution is 2.13. The van der Waals surface area contributed by atoms with Gasteiger partial charge in [0.15, 0.2) is 0 Å². The normalized spacial score (nSPS) is 11.0. The van der Waals surface area contributed by atoms with Gasteiger partial charge in [0.05, 0.1) is 6.61 Å². The molecule has 0 saturated carbocycles. The van der Waals surface area contributed by atoms with Crippen molar-refractivity contribution in [2.45, 2.75) is 13.0 Å². The number of halogens is 1. The van der Waals surface area contributed by atoms with E-state index in [0.717, 1.165) is 19.5 Å². The summed E-state index contributed by atoms with van der Waals surface area (Å²) in [5.74, 6) is -0.283. The summed E-state index contributed by atoms with van der Waals surface area (Å²) in [6.07, 6.45) is 0.896. The maximum atomic E-state index is 14.1. The molecule has 0 saturated heterocycles. The first-order chi connectivity index (χ1) is 10.1. The summed E-state index contributed by atoms with van der Waals surface area (Å²) >= 11 is 4.85. The highest BCUT2D eigenvalue weighted by Gasteiger charge is 2.10. The van der Waals surface area contributed by atoms with Crippen molar-refractivity contribution in [3.63, 3.8) is 0 Å². The van der Waals surface area contributed by atoms with E-state index in [-0.39, 0.29) is 10.8 Å². The summed E-state index contributed by atoms with van der Waals surface area (Å²) in [4.78, 5) is 2.35. The number of methoxy groups -OCH3 is 2. The van der Waals surface area contributed by atoms with Crippen LogP contribution in [-0.4, -0.2) is 50.4 Å². The van der Waals surface area contributed by atoms with Crippen LogP contribution in [0.2, 0.25) is 0 Å². The Bertz CT molecular complexity index is 457. The predicted molar refractivity (Wildman–Crippen MR) is 85.9 cm³/mol. The second kappa shape index (κ2) is 9.78. The van der Waals surface area contributed by atoms with E-state index in [0.29, 0.717) is 30.9 Å². The van der Waals surface area contributed by atoms with Crippen molar-refractivity contribution in [1.82, 2.24) is 4.90 Å². The van der Waals surface area contributed by atoms with Crippen LogP contribution in [0.15, 0.2) is 18.2 Å². The Labute approximate surface area is 131 Å². The number of thiocarbonyl (C=S) groups is 1. The van der Waals surface area contributed by atoms with Gasteiger partial charge in [-0.2, -0.15) is 0 Å². The van der Waals surface area contributed by atoms with Gasteiger partial charge in [0, 0.05) is 51.6 Å². The minimum atomic E-state index is -0.283. The third-order valence-electron chi connectivity index (χ3n) is 3.17. The lowest BCUT2D eigenvalue weighted by molar-refractivity contribution is 0.128. The number of hydrogen-bond acceptors (Lipinski definition) is 4. The summed E-state index contributed by atoms with van der Waals surface area (Å²) in [5, 5.41) is 0. The number of ether oxygens (including phenoxy) is 2. The molecule has 0 radical (unpaired) electrons. The summed E-state index contributed by atoms with van der Waals surface area (Å²) in [5.41, 5.74) is 6.68. The lowest BCUT2D eigenvalue weighted by Crippen LogP contribution is -2.29. The number of benzene rings is 1. The fourth-order valence-corrected chi connectivity index (χ4v) is 2.12. The van der Waals surface area contributed by atoms with Gasteiger partial charge in [0.2, 0.25) is 0 Å². The van der Waals surface area contributed by atoms with Crippen molar-refractivity contribution in [3.05, 3.63) is 35.1 Å². The number of rotatable bonds is 10. The third kappa shape index (κ3) is 6.48. The van der Waals surface area contributed by atoms with Crippen LogP contribution in [0.25, 0.3) is 0 Å². The fourth-order valence-electron chi connectivity index (χ4n) is 1.99. The minimum absolute atomic E-state index is 0.205. The topological polar surface area (TPSA) is 47.7 Å². The fraction of sp³-hybridized carbons (Fsp3) is 0.533. The van der Waals surface area contributed by atoms with E-state index in [1.165, 1.54) is 6.07 Å². The van der Waals surface area contributed by atoms with Crippen molar-refractivity contribution in [1.29, 1.82) is 0 Å². The minimum Gasteiger partial charge on any atom is -0.389 e. The van der Waals surface area contributed by atoms with E-state index >= 15 is 0 Å². The molecule has 1 aromatic rings. The van der Waals surface area contributed by atoms with Crippen molar-refractivity contribution >= 4 is 17.2 Å². The smallest absolute Gasteiger partial charge is 0.128 e. The Hall–Kier alpha value is -1.08. The molecule has 0 unspecified atom stereocenters. The van der Waals surface area contributed by atoms with Gasteiger partial charge in [-0.05, 0) is 12.5 Å². The lowest BCUT2D eigenvalue weighted by Gasteiger charge is -2.22. The monoisotopic (exact) mass is 314 g/mol. The van der Waals surface area contributed by atoms with Gasteiger partial charge >= 0.3 is 0 Å². The quantitative estimate of drug-likeness (QED) is 0.528. The van der Waals surface area contributed by atoms with Crippen molar-refractivity contribution in [3.8, 4) is 0 Å². The van der Waals surface area contributed by atoms with Gasteiger partial charge in [0.25, 0.3) is 0 Å². The largest absolute Gasteiger partial charge is 0.389 e. The molecule has 0 bridgehead atoms. The van der Waals surface area contributed by atoms with E-state index in [4.69, 9.17) is 27.4 Å². The second-order valence-corrected chi connectivity index (χ2v) is 5.23. The van der Waals surface area contributed by atoms with Crippen LogP contribution in [0.3, 0.4) is 0 Å². The molecule has 1 aromatic carbocycles. The van der Waals surface area contributed by atoms with Crippen molar-refractivity contribution < 1.29 is 13.9 Å². The Morgan fingerprint density at radius 2 is 1.95 bits per heavy atom. The van der Waals surface area contributed by atoms with Crippen LogP contribution >= 0.6 is 12.2 Å². The van der Waals surface area contributed by atoms with Crippen LogP contribution in [0.1, 0.15) is 17.5 Å². The van der Waals surface area contributed by atoms with Gasteiger partial charge < -0.3 is 15.2 Å². The average Bonchev–Trinajstić information content (AvgIpc) is 2.46. The summed E-state index contributed by atoms with van der Waals surface area (Å²) in [6.45, 7) is 3.40. The Balaban J connectivity index is 2.69. The molecule has 0 heterocycles. The molecule has 6 heteroatoms. The number of nitrogens with two attached hydrogens (primary N) is 1. The Morgan fingerprint density at radius 3 is 2.52 bits per heavy atom. The zero-order valence-electron chi connectivity index (χ0n) is 12.6. The standard InChI is InChI=1S/C15H23FN2O2S/c1-19-8-3-6-18(7-9-20-2)11-13-5-4-12(15(17)21)10-14(13)16/h4-5,10H,3,6-9,11H2,1-2H3,(H2,17,21). The van der Waals surface area contributed by atoms with Crippen LogP contribution in [0.5, 0.6) is 0 Å². The van der Waals surface area contributed by atoms with E-state index < -0.39 is 0 Å². The van der Waals surface area contributed by atoms with Crippen LogP contribution in [-0.2, 0) is 16.0 Å². The lowest BCUT2D eigenvalue weighted by atomic mass is 10.1. The Kier molecular flexibility index (Phi) is 8.37. The third-order valence-corrected chi connectivity index (χ3v) is 3.40. The first-order valence-corrected chi connectivity index (χ1v) is 7.27. The van der Waals surface area contributed by atoms with Crippen molar-refractivity contribution in [2.75, 3.05) is 40.5 Å². The molecule has 0 atom stereocenters. The van der Waals surface area contributed by atoms with E-state index in [2.05, 4.69) is 4.90 Å². The first-order valence-electron chi connectivity index (χ1n) is 6.87. The molecule has 4 nitrogen and oxygen atoms in total. The molecule has 2 N–H and O–H groups in total. The van der Waals surface area contributed by atoms with Crippen LogP contribution in [0, 0.1) is 5.82 Å². The molecular weight excluding hydrogens is 291 g/mol. The summed E-state index contributed by atoms with van der Waals surface area (Å²) in [6, 6.07) is 4.88. The number of hydrogen-bond donors (Lipinski definition) is 1. The van der Waals surface area contributed by atoms with Gasteiger partial charge in [-0.1, -0.05) is 24.4 Å². The Morgan fingerprint density at radius 1 is 1.24 bits per heavy atom. The first kappa shape index (κ1) is 18.0. The maximum absolute atomic E-state index is 14.1. The molecule has 0 amide bonds. The second-order valence-electron chi connectivity index (χ2n) is 4.79. The van der Waals surface area contributed by atoms with Gasteiger partial charge in [-0.3, -0.25) is 4.90 Å². The van der Waals surface area contributed by atoms with E-state index in [1.807, 2.05) is 0 Å². The van der Waals surface area contributed by atoms with Gasteiger partial charge in [-0.15, -0.1) is 0 Å². The summed E-state index contributed by atoms with van der Waals surface area (Å²) in [7, 11) is 3.33. The molecule has 21 heavy (non-hydrogen) atoms. The zero-order chi connectivity index (χ0) is 15.7. The van der Waals surface area contributed by atoms with Gasteiger partial charge in [-0.25, -0.2) is 4.39 Å². The molecule has 0 aliphatic rings. The van der Waals surface area contributed by atoms with Crippen molar-refractivity contribution in [2.24, 2.45) is 5.73 Å². The van der Waals surface area contributed by atoms with Gasteiger partial charge in [0.1, 0.15) is 10.8 Å². The molecule has 0 aliphatic carbocycles. The molecule has 118 valence electrons. The number of nitrogens with zero attached hydrogens (tertiary/aromatic N) is 1. The van der Waals surface area contributed by atoms with E-state index in [1.54, 1.807) is 26.4 Å². The van der Waals surface area contributed by atoms with E-state index in [9.17, 15) is 4.39 Å². The molecule has 0 spiro atoms. The maximum Gasteiger partial charge on any atom is 0.128 e. The summed E-state index contributed by atoms with van der Waals surface area (Å²) < 4.78 is 24.2. The molecule has 1 rings (SSSR count). The highest BCUT2D eigenvalue weighted by molar-refractivity contribution is 7.80. The van der Waals surface area contributed by atoms with Crippen LogP contribution < -0.4 is 5.73 Å². The zero-order valence-corrected chi connectivity index (χ0v) is 13.4. The molecule has 0 aromatic heterocycles.